The molecule has 0 aliphatic rings. The van der Waals surface area contributed by atoms with Gasteiger partial charge in [0.2, 0.25) is 0 Å². The van der Waals surface area contributed by atoms with Gasteiger partial charge in [-0.1, -0.05) is 0 Å². The highest BCUT2D eigenvalue weighted by Gasteiger charge is 2.10. The largest absolute Gasteiger partial charge is 0.508 e. The van der Waals surface area contributed by atoms with Gasteiger partial charge in [-0.05, 0) is 30.7 Å². The van der Waals surface area contributed by atoms with Crippen molar-refractivity contribution in [3.63, 3.8) is 0 Å². The minimum atomic E-state index is -0.0453. The molecule has 1 aromatic carbocycles. The molecule has 0 saturated heterocycles. The zero-order chi connectivity index (χ0) is 12.0. The maximum atomic E-state index is 11.9. The maximum absolute atomic E-state index is 11.9. The highest BCUT2D eigenvalue weighted by atomic mass is 16.5. The topological polar surface area (TPSA) is 49.8 Å². The fraction of sp³-hybridized carbons (Fsp3) is 0.417. The third-order valence-corrected chi connectivity index (χ3v) is 2.30. The van der Waals surface area contributed by atoms with Crippen LogP contribution in [0.5, 0.6) is 5.75 Å². The molecule has 0 aliphatic heterocycles. The third-order valence-electron chi connectivity index (χ3n) is 2.30. The number of phenols is 1. The van der Waals surface area contributed by atoms with Crippen LogP contribution in [-0.2, 0) is 4.74 Å². The lowest BCUT2D eigenvalue weighted by molar-refractivity contribution is 0.0779. The van der Waals surface area contributed by atoms with E-state index in [2.05, 4.69) is 0 Å². The molecule has 0 spiro atoms. The fourth-order valence-corrected chi connectivity index (χ4v) is 1.37. The predicted molar refractivity (Wildman–Crippen MR) is 61.6 cm³/mol. The molecule has 1 N–H and O–H groups in total. The Bertz CT molecular complexity index is 335. The first-order valence-electron chi connectivity index (χ1n) is 5.18. The molecular formula is C12H17NO3. The molecule has 0 saturated carbocycles. The Balaban J connectivity index is 2.53. The zero-order valence-corrected chi connectivity index (χ0v) is 9.64. The van der Waals surface area contributed by atoms with Gasteiger partial charge in [0.1, 0.15) is 5.75 Å². The molecule has 0 atom stereocenters. The highest BCUT2D eigenvalue weighted by Crippen LogP contribution is 2.11. The van der Waals surface area contributed by atoms with Crippen molar-refractivity contribution in [1.29, 1.82) is 0 Å². The van der Waals surface area contributed by atoms with Crippen LogP contribution in [0.4, 0.5) is 0 Å². The van der Waals surface area contributed by atoms with Crippen LogP contribution in [0.3, 0.4) is 0 Å². The van der Waals surface area contributed by atoms with Gasteiger partial charge < -0.3 is 14.7 Å². The van der Waals surface area contributed by atoms with Crippen molar-refractivity contribution in [3.8, 4) is 5.75 Å². The minimum Gasteiger partial charge on any atom is -0.508 e. The van der Waals surface area contributed by atoms with Gasteiger partial charge >= 0.3 is 0 Å². The summed E-state index contributed by atoms with van der Waals surface area (Å²) < 4.78 is 4.92. The summed E-state index contributed by atoms with van der Waals surface area (Å²) in [5.74, 6) is 0.120. The van der Waals surface area contributed by atoms with E-state index in [1.54, 1.807) is 31.2 Å². The van der Waals surface area contributed by atoms with Crippen LogP contribution in [0.15, 0.2) is 24.3 Å². The number of carbonyl (C=O) groups excluding carboxylic acids is 1. The molecule has 1 rings (SSSR count). The Kier molecular flexibility index (Phi) is 4.79. The number of nitrogens with zero attached hydrogens (tertiary/aromatic N) is 1. The Morgan fingerprint density at radius 3 is 2.56 bits per heavy atom. The Labute approximate surface area is 95.5 Å². The van der Waals surface area contributed by atoms with Gasteiger partial charge in [0.25, 0.3) is 5.91 Å². The van der Waals surface area contributed by atoms with Crippen molar-refractivity contribution < 1.29 is 14.6 Å². The number of aromatic hydroxyl groups is 1. The molecule has 4 heteroatoms. The lowest BCUT2D eigenvalue weighted by atomic mass is 10.2. The molecule has 4 nitrogen and oxygen atoms in total. The van der Waals surface area contributed by atoms with E-state index in [0.29, 0.717) is 18.7 Å². The van der Waals surface area contributed by atoms with Gasteiger partial charge in [-0.15, -0.1) is 0 Å². The molecule has 1 aromatic rings. The molecule has 0 unspecified atom stereocenters. The van der Waals surface area contributed by atoms with Crippen LogP contribution in [0.2, 0.25) is 0 Å². The Morgan fingerprint density at radius 2 is 2.00 bits per heavy atom. The molecule has 0 heterocycles. The summed E-state index contributed by atoms with van der Waals surface area (Å²) in [6.45, 7) is 1.31. The van der Waals surface area contributed by atoms with Gasteiger partial charge in [-0.2, -0.15) is 0 Å². The first kappa shape index (κ1) is 12.5. The summed E-state index contributed by atoms with van der Waals surface area (Å²) in [4.78, 5) is 13.5. The van der Waals surface area contributed by atoms with Gasteiger partial charge in [-0.25, -0.2) is 0 Å². The van der Waals surface area contributed by atoms with Crippen LogP contribution < -0.4 is 0 Å². The Morgan fingerprint density at radius 1 is 1.38 bits per heavy atom. The molecular weight excluding hydrogens is 206 g/mol. The predicted octanol–water partition coefficient (Wildman–Crippen LogP) is 1.50. The molecule has 0 fully saturated rings. The van der Waals surface area contributed by atoms with Crippen molar-refractivity contribution in [1.82, 2.24) is 4.90 Å². The van der Waals surface area contributed by atoms with Gasteiger partial charge in [0.05, 0.1) is 0 Å². The van der Waals surface area contributed by atoms with E-state index in [-0.39, 0.29) is 11.7 Å². The first-order chi connectivity index (χ1) is 7.65. The van der Waals surface area contributed by atoms with Gasteiger partial charge in [0.15, 0.2) is 0 Å². The normalized spacial score (nSPS) is 10.1. The number of amides is 1. The number of ether oxygens (including phenoxy) is 1. The SMILES string of the molecule is COCCCN(C)C(=O)c1ccc(O)cc1. The van der Waals surface area contributed by atoms with E-state index >= 15 is 0 Å². The van der Waals surface area contributed by atoms with Crippen molar-refractivity contribution in [2.75, 3.05) is 27.3 Å². The van der Waals surface area contributed by atoms with Crippen LogP contribution in [0, 0.1) is 0 Å². The number of phenolic OH excluding ortho intramolecular Hbond substituents is 1. The lowest BCUT2D eigenvalue weighted by Crippen LogP contribution is -2.28. The van der Waals surface area contributed by atoms with E-state index in [1.807, 2.05) is 0 Å². The molecule has 0 aliphatic carbocycles. The molecule has 88 valence electrons. The molecule has 1 amide bonds. The van der Waals surface area contributed by atoms with Crippen molar-refractivity contribution in [2.45, 2.75) is 6.42 Å². The zero-order valence-electron chi connectivity index (χ0n) is 9.64. The molecule has 0 aromatic heterocycles. The molecule has 0 radical (unpaired) electrons. The van der Waals surface area contributed by atoms with Crippen LogP contribution in [-0.4, -0.2) is 43.2 Å². The minimum absolute atomic E-state index is 0.0453. The van der Waals surface area contributed by atoms with Gasteiger partial charge in [-0.3, -0.25) is 4.79 Å². The average Bonchev–Trinajstić information content (AvgIpc) is 2.29. The van der Waals surface area contributed by atoms with Crippen molar-refractivity contribution in [3.05, 3.63) is 29.8 Å². The summed E-state index contributed by atoms with van der Waals surface area (Å²) in [6.07, 6.45) is 0.816. The number of benzene rings is 1. The number of carbonyl (C=O) groups is 1. The summed E-state index contributed by atoms with van der Waals surface area (Å²) in [6, 6.07) is 6.25. The summed E-state index contributed by atoms with van der Waals surface area (Å²) in [5, 5.41) is 9.11. The fourth-order valence-electron chi connectivity index (χ4n) is 1.37. The quantitative estimate of drug-likeness (QED) is 0.770. The van der Waals surface area contributed by atoms with Crippen LogP contribution in [0.1, 0.15) is 16.8 Å². The van der Waals surface area contributed by atoms with E-state index < -0.39 is 0 Å². The van der Waals surface area contributed by atoms with Gasteiger partial charge in [0, 0.05) is 32.9 Å². The molecule has 0 bridgehead atoms. The average molecular weight is 223 g/mol. The lowest BCUT2D eigenvalue weighted by Gasteiger charge is -2.16. The summed E-state index contributed by atoms with van der Waals surface area (Å²) in [5.41, 5.74) is 0.581. The molecule has 16 heavy (non-hydrogen) atoms. The van der Waals surface area contributed by atoms with E-state index in [4.69, 9.17) is 9.84 Å². The first-order valence-corrected chi connectivity index (χ1v) is 5.18. The Hall–Kier alpha value is -1.55. The monoisotopic (exact) mass is 223 g/mol. The number of hydrogen-bond donors (Lipinski definition) is 1. The standard InChI is InChI=1S/C12H17NO3/c1-13(8-3-9-16-2)12(15)10-4-6-11(14)7-5-10/h4-7,14H,3,8-9H2,1-2H3. The van der Waals surface area contributed by atoms with E-state index in [0.717, 1.165) is 6.42 Å². The van der Waals surface area contributed by atoms with Crippen LogP contribution in [0.25, 0.3) is 0 Å². The van der Waals surface area contributed by atoms with E-state index in [9.17, 15) is 4.79 Å². The number of hydrogen-bond acceptors (Lipinski definition) is 3. The number of methoxy groups -OCH3 is 1. The summed E-state index contributed by atoms with van der Waals surface area (Å²) >= 11 is 0. The smallest absolute Gasteiger partial charge is 0.253 e. The second-order valence-electron chi connectivity index (χ2n) is 3.62. The second kappa shape index (κ2) is 6.12. The number of rotatable bonds is 5. The maximum Gasteiger partial charge on any atom is 0.253 e. The van der Waals surface area contributed by atoms with Crippen molar-refractivity contribution >= 4 is 5.91 Å². The van der Waals surface area contributed by atoms with Crippen LogP contribution >= 0.6 is 0 Å². The highest BCUT2D eigenvalue weighted by molar-refractivity contribution is 5.94. The second-order valence-corrected chi connectivity index (χ2v) is 3.62. The third kappa shape index (κ3) is 3.55. The van der Waals surface area contributed by atoms with E-state index in [1.165, 1.54) is 12.1 Å². The van der Waals surface area contributed by atoms with Crippen molar-refractivity contribution in [2.24, 2.45) is 0 Å². The summed E-state index contributed by atoms with van der Waals surface area (Å²) in [7, 11) is 3.40.